The van der Waals surface area contributed by atoms with E-state index in [-0.39, 0.29) is 0 Å². The SMILES string of the molecule is Cn1ncc(-c2cccc3c(Br)[nH]nc23)c1N. The van der Waals surface area contributed by atoms with Crippen LogP contribution in [0.5, 0.6) is 0 Å². The predicted octanol–water partition coefficient (Wildman–Crippen LogP) is 2.31. The van der Waals surface area contributed by atoms with Crippen molar-refractivity contribution in [1.82, 2.24) is 20.0 Å². The minimum Gasteiger partial charge on any atom is -0.383 e. The zero-order chi connectivity index (χ0) is 12.0. The van der Waals surface area contributed by atoms with E-state index in [1.165, 1.54) is 0 Å². The van der Waals surface area contributed by atoms with E-state index >= 15 is 0 Å². The number of benzene rings is 1. The Labute approximate surface area is 106 Å². The van der Waals surface area contributed by atoms with Gasteiger partial charge in [0, 0.05) is 23.6 Å². The van der Waals surface area contributed by atoms with Gasteiger partial charge < -0.3 is 5.73 Å². The molecule has 0 aliphatic carbocycles. The Balaban J connectivity index is 2.34. The smallest absolute Gasteiger partial charge is 0.129 e. The summed E-state index contributed by atoms with van der Waals surface area (Å²) in [4.78, 5) is 0. The zero-order valence-corrected chi connectivity index (χ0v) is 10.7. The third-order valence-electron chi connectivity index (χ3n) is 2.81. The average molecular weight is 292 g/mol. The number of fused-ring (bicyclic) bond motifs is 1. The molecule has 3 rings (SSSR count). The largest absolute Gasteiger partial charge is 0.383 e. The zero-order valence-electron chi connectivity index (χ0n) is 9.11. The molecule has 17 heavy (non-hydrogen) atoms. The topological polar surface area (TPSA) is 72.5 Å². The lowest BCUT2D eigenvalue weighted by Crippen LogP contribution is -1.98. The maximum atomic E-state index is 5.98. The summed E-state index contributed by atoms with van der Waals surface area (Å²) in [6, 6.07) is 5.96. The van der Waals surface area contributed by atoms with Crippen molar-refractivity contribution in [1.29, 1.82) is 0 Å². The molecule has 0 saturated carbocycles. The van der Waals surface area contributed by atoms with Crippen LogP contribution in [0.2, 0.25) is 0 Å². The first-order valence-electron chi connectivity index (χ1n) is 5.09. The summed E-state index contributed by atoms with van der Waals surface area (Å²) in [6.45, 7) is 0. The van der Waals surface area contributed by atoms with Crippen molar-refractivity contribution < 1.29 is 0 Å². The first-order valence-corrected chi connectivity index (χ1v) is 5.88. The highest BCUT2D eigenvalue weighted by Crippen LogP contribution is 2.33. The van der Waals surface area contributed by atoms with Crippen molar-refractivity contribution in [2.45, 2.75) is 0 Å². The summed E-state index contributed by atoms with van der Waals surface area (Å²) in [6.07, 6.45) is 1.76. The molecule has 1 aromatic carbocycles. The molecule has 3 N–H and O–H groups in total. The van der Waals surface area contributed by atoms with E-state index < -0.39 is 0 Å². The molecule has 86 valence electrons. The number of nitrogens with zero attached hydrogens (tertiary/aromatic N) is 3. The molecule has 2 heterocycles. The third kappa shape index (κ3) is 1.44. The number of nitrogens with two attached hydrogens (primary N) is 1. The minimum atomic E-state index is 0.636. The predicted molar refractivity (Wildman–Crippen MR) is 70.4 cm³/mol. The molecule has 6 heteroatoms. The van der Waals surface area contributed by atoms with Crippen LogP contribution < -0.4 is 5.73 Å². The Kier molecular flexibility index (Phi) is 2.19. The molecule has 0 amide bonds. The molecule has 3 aromatic rings. The number of hydrogen-bond acceptors (Lipinski definition) is 3. The standard InChI is InChI=1S/C11H10BrN5/c1-17-11(13)8(5-14-17)6-3-2-4-7-9(6)15-16-10(7)12/h2-5H,13H2,1H3,(H,15,16). The number of para-hydroxylation sites is 1. The summed E-state index contributed by atoms with van der Waals surface area (Å²) in [5, 5.41) is 12.4. The summed E-state index contributed by atoms with van der Waals surface area (Å²) < 4.78 is 2.52. The third-order valence-corrected chi connectivity index (χ3v) is 3.42. The Hall–Kier alpha value is -1.82. The van der Waals surface area contributed by atoms with E-state index in [9.17, 15) is 0 Å². The highest BCUT2D eigenvalue weighted by molar-refractivity contribution is 9.10. The van der Waals surface area contributed by atoms with Gasteiger partial charge in [0.1, 0.15) is 15.9 Å². The van der Waals surface area contributed by atoms with Gasteiger partial charge in [-0.1, -0.05) is 12.1 Å². The summed E-state index contributed by atoms with van der Waals surface area (Å²) >= 11 is 3.43. The fourth-order valence-electron chi connectivity index (χ4n) is 1.88. The maximum Gasteiger partial charge on any atom is 0.129 e. The van der Waals surface area contributed by atoms with Gasteiger partial charge in [-0.2, -0.15) is 10.2 Å². The van der Waals surface area contributed by atoms with Crippen molar-refractivity contribution in [3.05, 3.63) is 29.0 Å². The van der Waals surface area contributed by atoms with Crippen molar-refractivity contribution in [3.8, 4) is 11.1 Å². The molecule has 0 bridgehead atoms. The van der Waals surface area contributed by atoms with Gasteiger partial charge in [-0.3, -0.25) is 9.78 Å². The second-order valence-corrected chi connectivity index (χ2v) is 4.60. The molecular weight excluding hydrogens is 282 g/mol. The molecule has 0 aliphatic rings. The van der Waals surface area contributed by atoms with Gasteiger partial charge in [-0.25, -0.2) is 0 Å². The number of nitrogen functional groups attached to an aromatic ring is 1. The molecule has 0 aliphatic heterocycles. The highest BCUT2D eigenvalue weighted by atomic mass is 79.9. The number of H-pyrrole nitrogens is 1. The van der Waals surface area contributed by atoms with Gasteiger partial charge >= 0.3 is 0 Å². The van der Waals surface area contributed by atoms with Crippen molar-refractivity contribution in [3.63, 3.8) is 0 Å². The molecule has 5 nitrogen and oxygen atoms in total. The van der Waals surface area contributed by atoms with Crippen LogP contribution in [0.15, 0.2) is 29.0 Å². The van der Waals surface area contributed by atoms with Crippen molar-refractivity contribution >= 4 is 32.7 Å². The van der Waals surface area contributed by atoms with Gasteiger partial charge in [-0.05, 0) is 22.0 Å². The Morgan fingerprint density at radius 3 is 2.88 bits per heavy atom. The van der Waals surface area contributed by atoms with Gasteiger partial charge in [0.2, 0.25) is 0 Å². The molecule has 0 spiro atoms. The average Bonchev–Trinajstić information content (AvgIpc) is 2.86. The fourth-order valence-corrected chi connectivity index (χ4v) is 2.29. The molecule has 0 atom stereocenters. The van der Waals surface area contributed by atoms with Crippen LogP contribution in [0, 0.1) is 0 Å². The summed E-state index contributed by atoms with van der Waals surface area (Å²) in [5.74, 6) is 0.636. The lowest BCUT2D eigenvalue weighted by atomic mass is 10.1. The molecule has 0 radical (unpaired) electrons. The molecule has 2 aromatic heterocycles. The van der Waals surface area contributed by atoms with Crippen LogP contribution in [0.3, 0.4) is 0 Å². The van der Waals surface area contributed by atoms with Crippen molar-refractivity contribution in [2.75, 3.05) is 5.73 Å². The lowest BCUT2D eigenvalue weighted by Gasteiger charge is -2.01. The van der Waals surface area contributed by atoms with Crippen LogP contribution >= 0.6 is 15.9 Å². The quantitative estimate of drug-likeness (QED) is 0.723. The van der Waals surface area contributed by atoms with Gasteiger partial charge in [0.15, 0.2) is 0 Å². The number of nitrogens with one attached hydrogen (secondary N) is 1. The number of anilines is 1. The van der Waals surface area contributed by atoms with E-state index in [1.54, 1.807) is 10.9 Å². The molecule has 0 unspecified atom stereocenters. The van der Waals surface area contributed by atoms with E-state index in [2.05, 4.69) is 31.2 Å². The summed E-state index contributed by atoms with van der Waals surface area (Å²) in [7, 11) is 1.82. The van der Waals surface area contributed by atoms with Crippen LogP contribution in [0.25, 0.3) is 22.0 Å². The van der Waals surface area contributed by atoms with Crippen LogP contribution in [-0.2, 0) is 7.05 Å². The number of aryl methyl sites for hydroxylation is 1. The number of rotatable bonds is 1. The van der Waals surface area contributed by atoms with Gasteiger partial charge in [-0.15, -0.1) is 0 Å². The highest BCUT2D eigenvalue weighted by Gasteiger charge is 2.13. The summed E-state index contributed by atoms with van der Waals surface area (Å²) in [5.41, 5.74) is 8.75. The first kappa shape index (κ1) is 10.3. The van der Waals surface area contributed by atoms with Crippen LogP contribution in [-0.4, -0.2) is 20.0 Å². The number of hydrogen-bond donors (Lipinski definition) is 2. The second-order valence-electron chi connectivity index (χ2n) is 3.81. The van der Waals surface area contributed by atoms with Gasteiger partial charge in [0.25, 0.3) is 0 Å². The Morgan fingerprint density at radius 1 is 1.35 bits per heavy atom. The lowest BCUT2D eigenvalue weighted by molar-refractivity contribution is 0.779. The normalized spacial score (nSPS) is 11.2. The number of aromatic amines is 1. The second kappa shape index (κ2) is 3.59. The van der Waals surface area contributed by atoms with E-state index in [1.807, 2.05) is 25.2 Å². The molecule has 0 fully saturated rings. The Morgan fingerprint density at radius 2 is 2.18 bits per heavy atom. The number of aromatic nitrogens is 4. The fraction of sp³-hybridized carbons (Fsp3) is 0.0909. The van der Waals surface area contributed by atoms with Crippen molar-refractivity contribution in [2.24, 2.45) is 7.05 Å². The Bertz CT molecular complexity index is 697. The monoisotopic (exact) mass is 291 g/mol. The van der Waals surface area contributed by atoms with E-state index in [4.69, 9.17) is 5.73 Å². The molecule has 0 saturated heterocycles. The number of halogens is 1. The minimum absolute atomic E-state index is 0.636. The van der Waals surface area contributed by atoms with Gasteiger partial charge in [0.05, 0.1) is 6.20 Å². The van der Waals surface area contributed by atoms with Crippen LogP contribution in [0.1, 0.15) is 0 Å². The van der Waals surface area contributed by atoms with Crippen LogP contribution in [0.4, 0.5) is 5.82 Å². The van der Waals surface area contributed by atoms with E-state index in [0.717, 1.165) is 26.6 Å². The maximum absolute atomic E-state index is 5.98. The van der Waals surface area contributed by atoms with E-state index in [0.29, 0.717) is 5.82 Å². The molecular formula is C11H10BrN5. The first-order chi connectivity index (χ1) is 8.18.